The molecule has 0 atom stereocenters. The monoisotopic (exact) mass is 329 g/mol. The molecule has 0 saturated heterocycles. The van der Waals surface area contributed by atoms with Crippen LogP contribution in [0.2, 0.25) is 0 Å². The summed E-state index contributed by atoms with van der Waals surface area (Å²) >= 11 is 0. The standard InChI is InChI=1S/C16H15N3O3S/c20-16(12-23(21,22)15-8-4-5-10-17-15)19-11-9-14(18-19)13-6-2-1-3-7-13/h1-8,10H,9,11-12H2. The molecule has 2 aromatic rings. The predicted octanol–water partition coefficient (Wildman–Crippen LogP) is 1.49. The molecular weight excluding hydrogens is 314 g/mol. The minimum atomic E-state index is -3.75. The third kappa shape index (κ3) is 3.45. The molecule has 23 heavy (non-hydrogen) atoms. The first-order valence-electron chi connectivity index (χ1n) is 7.13. The maximum absolute atomic E-state index is 12.2. The fourth-order valence-electron chi connectivity index (χ4n) is 2.31. The van der Waals surface area contributed by atoms with Gasteiger partial charge in [0, 0.05) is 12.6 Å². The Morgan fingerprint density at radius 3 is 2.52 bits per heavy atom. The second-order valence-corrected chi connectivity index (χ2v) is 7.04. The van der Waals surface area contributed by atoms with Gasteiger partial charge in [0.05, 0.1) is 12.3 Å². The first-order valence-corrected chi connectivity index (χ1v) is 8.78. The molecular formula is C16H15N3O3S. The van der Waals surface area contributed by atoms with Crippen LogP contribution >= 0.6 is 0 Å². The van der Waals surface area contributed by atoms with Crippen LogP contribution in [0.25, 0.3) is 0 Å². The smallest absolute Gasteiger partial charge is 0.258 e. The summed E-state index contributed by atoms with van der Waals surface area (Å²) in [5, 5.41) is 5.38. The Morgan fingerprint density at radius 2 is 1.83 bits per heavy atom. The largest absolute Gasteiger partial charge is 0.272 e. The maximum atomic E-state index is 12.2. The van der Waals surface area contributed by atoms with E-state index in [0.29, 0.717) is 13.0 Å². The van der Waals surface area contributed by atoms with Crippen molar-refractivity contribution in [3.63, 3.8) is 0 Å². The van der Waals surface area contributed by atoms with Crippen molar-refractivity contribution >= 4 is 21.5 Å². The minimum absolute atomic E-state index is 0.0974. The zero-order valence-electron chi connectivity index (χ0n) is 12.3. The number of pyridine rings is 1. The summed E-state index contributed by atoms with van der Waals surface area (Å²) in [5.74, 6) is -1.17. The van der Waals surface area contributed by atoms with Gasteiger partial charge < -0.3 is 0 Å². The predicted molar refractivity (Wildman–Crippen MR) is 85.6 cm³/mol. The van der Waals surface area contributed by atoms with Crippen LogP contribution in [-0.4, -0.2) is 42.3 Å². The topological polar surface area (TPSA) is 79.7 Å². The number of rotatable bonds is 4. The molecule has 7 heteroatoms. The summed E-state index contributed by atoms with van der Waals surface area (Å²) in [7, 11) is -3.75. The first-order chi connectivity index (χ1) is 11.1. The van der Waals surface area contributed by atoms with Crippen LogP contribution in [0.3, 0.4) is 0 Å². The summed E-state index contributed by atoms with van der Waals surface area (Å²) in [4.78, 5) is 16.0. The highest BCUT2D eigenvalue weighted by Crippen LogP contribution is 2.15. The van der Waals surface area contributed by atoms with Crippen LogP contribution in [0.5, 0.6) is 0 Å². The van der Waals surface area contributed by atoms with E-state index in [2.05, 4.69) is 10.1 Å². The molecule has 3 rings (SSSR count). The Morgan fingerprint density at radius 1 is 1.09 bits per heavy atom. The fourth-order valence-corrected chi connectivity index (χ4v) is 3.44. The van der Waals surface area contributed by atoms with Gasteiger partial charge in [-0.2, -0.15) is 5.10 Å². The molecule has 1 aliphatic heterocycles. The molecule has 1 aromatic carbocycles. The molecule has 0 aliphatic carbocycles. The van der Waals surface area contributed by atoms with Gasteiger partial charge >= 0.3 is 0 Å². The number of nitrogens with zero attached hydrogens (tertiary/aromatic N) is 3. The Labute approximate surface area is 134 Å². The van der Waals surface area contributed by atoms with Crippen molar-refractivity contribution in [2.75, 3.05) is 12.3 Å². The number of carbonyl (C=O) groups is 1. The molecule has 1 amide bonds. The zero-order chi connectivity index (χ0) is 16.3. The molecule has 118 valence electrons. The highest BCUT2D eigenvalue weighted by Gasteiger charge is 2.27. The van der Waals surface area contributed by atoms with Crippen molar-refractivity contribution in [1.82, 2.24) is 9.99 Å². The lowest BCUT2D eigenvalue weighted by molar-refractivity contribution is -0.127. The number of hydrogen-bond acceptors (Lipinski definition) is 5. The summed E-state index contributed by atoms with van der Waals surface area (Å²) in [6.45, 7) is 0.390. The fraction of sp³-hybridized carbons (Fsp3) is 0.188. The van der Waals surface area contributed by atoms with Crippen molar-refractivity contribution in [3.05, 3.63) is 60.3 Å². The van der Waals surface area contributed by atoms with Crippen LogP contribution in [-0.2, 0) is 14.6 Å². The van der Waals surface area contributed by atoms with Gasteiger partial charge in [-0.15, -0.1) is 0 Å². The first kappa shape index (κ1) is 15.4. The Balaban J connectivity index is 1.74. The number of carbonyl (C=O) groups excluding carboxylic acids is 1. The van der Waals surface area contributed by atoms with Crippen molar-refractivity contribution in [1.29, 1.82) is 0 Å². The van der Waals surface area contributed by atoms with Crippen LogP contribution in [0.4, 0.5) is 0 Å². The Bertz CT molecular complexity index is 833. The van der Waals surface area contributed by atoms with Crippen molar-refractivity contribution in [3.8, 4) is 0 Å². The maximum Gasteiger partial charge on any atom is 0.258 e. The van der Waals surface area contributed by atoms with Crippen LogP contribution in [0.15, 0.2) is 64.9 Å². The lowest BCUT2D eigenvalue weighted by atomic mass is 10.1. The van der Waals surface area contributed by atoms with Crippen molar-refractivity contribution in [2.45, 2.75) is 11.4 Å². The van der Waals surface area contributed by atoms with E-state index in [9.17, 15) is 13.2 Å². The van der Waals surface area contributed by atoms with Crippen LogP contribution in [0, 0.1) is 0 Å². The van der Waals surface area contributed by atoms with E-state index in [-0.39, 0.29) is 5.03 Å². The number of aromatic nitrogens is 1. The molecule has 6 nitrogen and oxygen atoms in total. The second kappa shape index (κ2) is 6.29. The highest BCUT2D eigenvalue weighted by molar-refractivity contribution is 7.92. The lowest BCUT2D eigenvalue weighted by Gasteiger charge is -2.11. The van der Waals surface area contributed by atoms with Gasteiger partial charge in [-0.1, -0.05) is 36.4 Å². The molecule has 0 unspecified atom stereocenters. The molecule has 1 aromatic heterocycles. The van der Waals surface area contributed by atoms with E-state index in [0.717, 1.165) is 11.3 Å². The van der Waals surface area contributed by atoms with E-state index >= 15 is 0 Å². The average molecular weight is 329 g/mol. The Kier molecular flexibility index (Phi) is 4.20. The summed E-state index contributed by atoms with van der Waals surface area (Å²) in [5.41, 5.74) is 1.73. The third-order valence-corrected chi connectivity index (χ3v) is 4.97. The van der Waals surface area contributed by atoms with Crippen molar-refractivity contribution < 1.29 is 13.2 Å². The van der Waals surface area contributed by atoms with Gasteiger partial charge in [-0.05, 0) is 17.7 Å². The summed E-state index contributed by atoms with van der Waals surface area (Å²) < 4.78 is 24.4. The van der Waals surface area contributed by atoms with Crippen molar-refractivity contribution in [2.24, 2.45) is 5.10 Å². The van der Waals surface area contributed by atoms with E-state index in [4.69, 9.17) is 0 Å². The quantitative estimate of drug-likeness (QED) is 0.851. The van der Waals surface area contributed by atoms with Gasteiger partial charge in [0.25, 0.3) is 5.91 Å². The SMILES string of the molecule is O=C(CS(=O)(=O)c1ccccn1)N1CCC(c2ccccc2)=N1. The molecule has 0 fully saturated rings. The average Bonchev–Trinajstić information content (AvgIpc) is 3.06. The number of amides is 1. The van der Waals surface area contributed by atoms with Gasteiger partial charge in [0.2, 0.25) is 9.84 Å². The number of benzene rings is 1. The number of hydrogen-bond donors (Lipinski definition) is 0. The highest BCUT2D eigenvalue weighted by atomic mass is 32.2. The lowest BCUT2D eigenvalue weighted by Crippen LogP contribution is -2.30. The molecule has 0 bridgehead atoms. The normalized spacial score (nSPS) is 14.6. The van der Waals surface area contributed by atoms with Crippen LogP contribution in [0.1, 0.15) is 12.0 Å². The number of sulfone groups is 1. The van der Waals surface area contributed by atoms with E-state index in [1.807, 2.05) is 30.3 Å². The molecule has 0 radical (unpaired) electrons. The summed E-state index contributed by atoms with van der Waals surface area (Å²) in [6.07, 6.45) is 2.00. The van der Waals surface area contributed by atoms with Gasteiger partial charge in [-0.3, -0.25) is 4.79 Å². The zero-order valence-corrected chi connectivity index (χ0v) is 13.1. The molecule has 0 saturated carbocycles. The van der Waals surface area contributed by atoms with E-state index in [1.54, 1.807) is 12.1 Å². The number of hydrazone groups is 1. The molecule has 2 heterocycles. The minimum Gasteiger partial charge on any atom is -0.272 e. The van der Waals surface area contributed by atoms with Gasteiger partial charge in [-0.25, -0.2) is 18.4 Å². The van der Waals surface area contributed by atoms with E-state index < -0.39 is 21.5 Å². The molecule has 0 N–H and O–H groups in total. The molecule has 0 spiro atoms. The molecule has 1 aliphatic rings. The van der Waals surface area contributed by atoms with E-state index in [1.165, 1.54) is 17.3 Å². The summed E-state index contributed by atoms with van der Waals surface area (Å²) in [6, 6.07) is 14.1. The van der Waals surface area contributed by atoms with Gasteiger partial charge in [0.15, 0.2) is 5.03 Å². The third-order valence-electron chi connectivity index (χ3n) is 3.47. The Hall–Kier alpha value is -2.54. The van der Waals surface area contributed by atoms with Crippen LogP contribution < -0.4 is 0 Å². The second-order valence-electron chi connectivity index (χ2n) is 5.11. The van der Waals surface area contributed by atoms with Gasteiger partial charge in [0.1, 0.15) is 5.75 Å².